The van der Waals surface area contributed by atoms with Crippen LogP contribution in [-0.4, -0.2) is 14.5 Å². The molecular weight excluding hydrogens is 225 g/mol. The molecule has 1 aromatic heterocycles. The third-order valence-corrected chi connectivity index (χ3v) is 2.36. The first-order valence-corrected chi connectivity index (χ1v) is 4.97. The zero-order valence-corrected chi connectivity index (χ0v) is 9.13. The Kier molecular flexibility index (Phi) is 2.86. The molecule has 6 heteroatoms. The molecule has 0 spiro atoms. The van der Waals surface area contributed by atoms with Crippen molar-refractivity contribution in [1.82, 2.24) is 9.55 Å². The Bertz CT molecular complexity index is 566. The maximum absolute atomic E-state index is 13.6. The molecule has 0 saturated heterocycles. The number of aromatic nitrogens is 2. The van der Waals surface area contributed by atoms with E-state index in [0.717, 1.165) is 11.8 Å². The average Bonchev–Trinajstić information content (AvgIpc) is 2.67. The number of nitro groups is 1. The van der Waals surface area contributed by atoms with Gasteiger partial charge in [-0.15, -0.1) is 0 Å². The molecule has 0 N–H and O–H groups in total. The molecule has 17 heavy (non-hydrogen) atoms. The number of benzene rings is 1. The molecule has 0 aliphatic heterocycles. The zero-order valence-electron chi connectivity index (χ0n) is 9.13. The van der Waals surface area contributed by atoms with Crippen LogP contribution in [0.25, 0.3) is 0 Å². The normalized spacial score (nSPS) is 10.5. The van der Waals surface area contributed by atoms with E-state index in [2.05, 4.69) is 4.98 Å². The lowest BCUT2D eigenvalue weighted by Gasteiger charge is -2.03. The van der Waals surface area contributed by atoms with Crippen molar-refractivity contribution in [3.05, 3.63) is 57.9 Å². The van der Waals surface area contributed by atoms with Crippen LogP contribution >= 0.6 is 0 Å². The summed E-state index contributed by atoms with van der Waals surface area (Å²) in [6.45, 7) is 2.15. The summed E-state index contributed by atoms with van der Waals surface area (Å²) in [4.78, 5) is 13.9. The Balaban J connectivity index is 2.25. The van der Waals surface area contributed by atoms with Gasteiger partial charge in [0.25, 0.3) is 5.69 Å². The van der Waals surface area contributed by atoms with Crippen LogP contribution in [0.1, 0.15) is 11.3 Å². The van der Waals surface area contributed by atoms with Gasteiger partial charge in [0.15, 0.2) is 0 Å². The second-order valence-corrected chi connectivity index (χ2v) is 3.72. The van der Waals surface area contributed by atoms with Crippen molar-refractivity contribution in [2.45, 2.75) is 13.5 Å². The standard InChI is InChI=1S/C11H10FN3O2/c1-8-5-14(7-13-8)6-9-2-3-10(15(16)17)4-11(9)12/h2-5,7H,6H2,1H3. The van der Waals surface area contributed by atoms with Crippen LogP contribution in [-0.2, 0) is 6.54 Å². The van der Waals surface area contributed by atoms with Gasteiger partial charge in [-0.05, 0) is 13.0 Å². The number of hydrogen-bond donors (Lipinski definition) is 0. The van der Waals surface area contributed by atoms with E-state index in [1.54, 1.807) is 17.1 Å². The van der Waals surface area contributed by atoms with Crippen molar-refractivity contribution in [2.24, 2.45) is 0 Å². The quantitative estimate of drug-likeness (QED) is 0.605. The Morgan fingerprint density at radius 1 is 1.53 bits per heavy atom. The Hall–Kier alpha value is -2.24. The lowest BCUT2D eigenvalue weighted by atomic mass is 10.2. The fourth-order valence-electron chi connectivity index (χ4n) is 1.53. The molecule has 0 saturated carbocycles. The minimum absolute atomic E-state index is 0.243. The molecule has 2 rings (SSSR count). The summed E-state index contributed by atoms with van der Waals surface area (Å²) in [5.41, 5.74) is 0.994. The van der Waals surface area contributed by atoms with Crippen LogP contribution in [0.5, 0.6) is 0 Å². The largest absolute Gasteiger partial charge is 0.333 e. The van der Waals surface area contributed by atoms with E-state index in [1.165, 1.54) is 12.1 Å². The molecule has 0 amide bonds. The third-order valence-electron chi connectivity index (χ3n) is 2.36. The fraction of sp³-hybridized carbons (Fsp3) is 0.182. The van der Waals surface area contributed by atoms with E-state index in [9.17, 15) is 14.5 Å². The van der Waals surface area contributed by atoms with Crippen LogP contribution in [0.4, 0.5) is 10.1 Å². The van der Waals surface area contributed by atoms with Crippen molar-refractivity contribution in [3.8, 4) is 0 Å². The Morgan fingerprint density at radius 2 is 2.29 bits per heavy atom. The highest BCUT2D eigenvalue weighted by Gasteiger charge is 2.10. The monoisotopic (exact) mass is 235 g/mol. The number of rotatable bonds is 3. The number of nitro benzene ring substituents is 1. The Labute approximate surface area is 96.7 Å². The number of halogens is 1. The predicted molar refractivity (Wildman–Crippen MR) is 59.1 cm³/mol. The number of non-ortho nitro benzene ring substituents is 1. The molecule has 1 heterocycles. The van der Waals surface area contributed by atoms with Gasteiger partial charge in [0.1, 0.15) is 5.82 Å². The first-order valence-electron chi connectivity index (χ1n) is 4.97. The maximum atomic E-state index is 13.6. The fourth-order valence-corrected chi connectivity index (χ4v) is 1.53. The third kappa shape index (κ3) is 2.47. The van der Waals surface area contributed by atoms with Gasteiger partial charge in [0.05, 0.1) is 29.6 Å². The highest BCUT2D eigenvalue weighted by molar-refractivity contribution is 5.34. The molecule has 0 bridgehead atoms. The minimum Gasteiger partial charge on any atom is -0.333 e. The molecule has 0 aliphatic rings. The second-order valence-electron chi connectivity index (χ2n) is 3.72. The van der Waals surface area contributed by atoms with Gasteiger partial charge in [0.2, 0.25) is 0 Å². The summed E-state index contributed by atoms with van der Waals surface area (Å²) in [5, 5.41) is 10.4. The molecule has 0 fully saturated rings. The van der Waals surface area contributed by atoms with E-state index in [4.69, 9.17) is 0 Å². The molecule has 0 atom stereocenters. The van der Waals surface area contributed by atoms with Crippen LogP contribution < -0.4 is 0 Å². The van der Waals surface area contributed by atoms with Crippen molar-refractivity contribution in [1.29, 1.82) is 0 Å². The summed E-state index contributed by atoms with van der Waals surface area (Å²) in [7, 11) is 0. The predicted octanol–water partition coefficient (Wildman–Crippen LogP) is 2.29. The highest BCUT2D eigenvalue weighted by Crippen LogP contribution is 2.17. The summed E-state index contributed by atoms with van der Waals surface area (Å²) >= 11 is 0. The van der Waals surface area contributed by atoms with Gasteiger partial charge in [-0.2, -0.15) is 0 Å². The molecule has 0 unspecified atom stereocenters. The first kappa shape index (κ1) is 11.3. The summed E-state index contributed by atoms with van der Waals surface area (Å²) in [5.74, 6) is -0.578. The van der Waals surface area contributed by atoms with Crippen molar-refractivity contribution < 1.29 is 9.31 Å². The summed E-state index contributed by atoms with van der Waals surface area (Å²) < 4.78 is 15.3. The zero-order chi connectivity index (χ0) is 12.4. The first-order chi connectivity index (χ1) is 8.06. The van der Waals surface area contributed by atoms with Gasteiger partial charge in [-0.1, -0.05) is 0 Å². The summed E-state index contributed by atoms with van der Waals surface area (Å²) in [6.07, 6.45) is 3.37. The summed E-state index contributed by atoms with van der Waals surface area (Å²) in [6, 6.07) is 3.64. The smallest absolute Gasteiger partial charge is 0.272 e. The molecular formula is C11H10FN3O2. The molecule has 88 valence electrons. The lowest BCUT2D eigenvalue weighted by molar-refractivity contribution is -0.385. The van der Waals surface area contributed by atoms with Crippen LogP contribution in [0.15, 0.2) is 30.7 Å². The van der Waals surface area contributed by atoms with Gasteiger partial charge < -0.3 is 4.57 Å². The van der Waals surface area contributed by atoms with Crippen molar-refractivity contribution >= 4 is 5.69 Å². The molecule has 0 aliphatic carbocycles. The Morgan fingerprint density at radius 3 is 2.82 bits per heavy atom. The van der Waals surface area contributed by atoms with E-state index in [0.29, 0.717) is 12.1 Å². The van der Waals surface area contributed by atoms with E-state index in [1.807, 2.05) is 6.92 Å². The minimum atomic E-state index is -0.617. The van der Waals surface area contributed by atoms with Gasteiger partial charge in [0, 0.05) is 17.8 Å². The van der Waals surface area contributed by atoms with E-state index in [-0.39, 0.29) is 5.69 Å². The highest BCUT2D eigenvalue weighted by atomic mass is 19.1. The van der Waals surface area contributed by atoms with E-state index >= 15 is 0 Å². The van der Waals surface area contributed by atoms with Gasteiger partial charge in [-0.3, -0.25) is 10.1 Å². The number of hydrogen-bond acceptors (Lipinski definition) is 3. The topological polar surface area (TPSA) is 61.0 Å². The van der Waals surface area contributed by atoms with Crippen LogP contribution in [0.3, 0.4) is 0 Å². The second kappa shape index (κ2) is 4.32. The van der Waals surface area contributed by atoms with Crippen molar-refractivity contribution in [3.63, 3.8) is 0 Å². The average molecular weight is 235 g/mol. The molecule has 2 aromatic rings. The molecule has 0 radical (unpaired) electrons. The van der Waals surface area contributed by atoms with Crippen LogP contribution in [0.2, 0.25) is 0 Å². The number of imidazole rings is 1. The number of nitrogens with zero attached hydrogens (tertiary/aromatic N) is 3. The van der Waals surface area contributed by atoms with Gasteiger partial charge >= 0.3 is 0 Å². The molecule has 5 nitrogen and oxygen atoms in total. The molecule has 1 aromatic carbocycles. The maximum Gasteiger partial charge on any atom is 0.272 e. The lowest BCUT2D eigenvalue weighted by Crippen LogP contribution is -2.00. The number of aryl methyl sites for hydroxylation is 1. The van der Waals surface area contributed by atoms with Crippen LogP contribution in [0, 0.1) is 22.9 Å². The van der Waals surface area contributed by atoms with Crippen molar-refractivity contribution in [2.75, 3.05) is 0 Å². The van der Waals surface area contributed by atoms with Gasteiger partial charge in [-0.25, -0.2) is 9.37 Å². The SMILES string of the molecule is Cc1cn(Cc2ccc([N+](=O)[O-])cc2F)cn1. The van der Waals surface area contributed by atoms with E-state index < -0.39 is 10.7 Å².